The third kappa shape index (κ3) is 2.07. The number of halogens is 1. The monoisotopic (exact) mass is 247 g/mol. The summed E-state index contributed by atoms with van der Waals surface area (Å²) in [5.74, 6) is 0.351. The minimum absolute atomic E-state index is 0.0175. The first-order chi connectivity index (χ1) is 8.82. The van der Waals surface area contributed by atoms with Gasteiger partial charge in [0.05, 0.1) is 0 Å². The normalized spacial score (nSPS) is 27.3. The van der Waals surface area contributed by atoms with Crippen LogP contribution in [0.25, 0.3) is 0 Å². The van der Waals surface area contributed by atoms with E-state index < -0.39 is 0 Å². The van der Waals surface area contributed by atoms with Crippen LogP contribution in [0.3, 0.4) is 0 Å². The zero-order valence-electron chi connectivity index (χ0n) is 10.9. The summed E-state index contributed by atoms with van der Waals surface area (Å²) in [6.07, 6.45) is 7.79. The molecule has 18 heavy (non-hydrogen) atoms. The molecule has 1 aliphatic heterocycles. The van der Waals surface area contributed by atoms with Crippen LogP contribution in [0.5, 0.6) is 0 Å². The smallest absolute Gasteiger partial charge is 0.126 e. The van der Waals surface area contributed by atoms with E-state index in [-0.39, 0.29) is 5.82 Å². The molecule has 3 rings (SSSR count). The summed E-state index contributed by atoms with van der Waals surface area (Å²) in [4.78, 5) is 0. The van der Waals surface area contributed by atoms with Crippen molar-refractivity contribution in [1.82, 2.24) is 5.32 Å². The zero-order valence-corrected chi connectivity index (χ0v) is 10.9. The van der Waals surface area contributed by atoms with Crippen molar-refractivity contribution in [3.63, 3.8) is 0 Å². The maximum absolute atomic E-state index is 14.1. The highest BCUT2D eigenvalue weighted by Crippen LogP contribution is 2.51. The minimum atomic E-state index is -0.0175. The molecule has 0 radical (unpaired) electrons. The van der Waals surface area contributed by atoms with Gasteiger partial charge in [-0.05, 0) is 42.9 Å². The van der Waals surface area contributed by atoms with E-state index in [9.17, 15) is 4.39 Å². The largest absolute Gasteiger partial charge is 0.316 e. The summed E-state index contributed by atoms with van der Waals surface area (Å²) in [5.41, 5.74) is 1.30. The molecule has 2 fully saturated rings. The predicted molar refractivity (Wildman–Crippen MR) is 72.1 cm³/mol. The van der Waals surface area contributed by atoms with Gasteiger partial charge < -0.3 is 5.32 Å². The van der Waals surface area contributed by atoms with Gasteiger partial charge in [-0.1, -0.05) is 37.5 Å². The standard InChI is InChI=1S/C16H22FN/c17-15-7-3-2-6-13(15)14-12-18-11-10-16(14)8-4-1-5-9-16/h2-3,6-7,14,18H,1,4-5,8-12H2. The van der Waals surface area contributed by atoms with Gasteiger partial charge in [-0.2, -0.15) is 0 Å². The Bertz CT molecular complexity index is 401. The van der Waals surface area contributed by atoms with Crippen molar-refractivity contribution in [2.45, 2.75) is 44.4 Å². The van der Waals surface area contributed by atoms with Crippen LogP contribution in [-0.2, 0) is 0 Å². The molecule has 1 saturated heterocycles. The van der Waals surface area contributed by atoms with E-state index >= 15 is 0 Å². The van der Waals surface area contributed by atoms with Crippen LogP contribution in [0.2, 0.25) is 0 Å². The molecule has 1 heterocycles. The highest BCUT2D eigenvalue weighted by molar-refractivity contribution is 5.26. The van der Waals surface area contributed by atoms with Crippen molar-refractivity contribution < 1.29 is 4.39 Å². The highest BCUT2D eigenvalue weighted by Gasteiger charge is 2.42. The lowest BCUT2D eigenvalue weighted by atomic mass is 9.60. The lowest BCUT2D eigenvalue weighted by Crippen LogP contribution is -2.45. The molecule has 2 aliphatic rings. The van der Waals surface area contributed by atoms with Crippen LogP contribution < -0.4 is 5.32 Å². The Morgan fingerprint density at radius 1 is 1.06 bits per heavy atom. The molecule has 1 aromatic carbocycles. The maximum atomic E-state index is 14.1. The Kier molecular flexibility index (Phi) is 3.38. The van der Waals surface area contributed by atoms with Gasteiger partial charge in [0.15, 0.2) is 0 Å². The summed E-state index contributed by atoms with van der Waals surface area (Å²) in [5, 5.41) is 3.47. The van der Waals surface area contributed by atoms with Crippen LogP contribution in [-0.4, -0.2) is 13.1 Å². The lowest BCUT2D eigenvalue weighted by molar-refractivity contribution is 0.101. The summed E-state index contributed by atoms with van der Waals surface area (Å²) < 4.78 is 14.1. The van der Waals surface area contributed by atoms with Crippen molar-refractivity contribution >= 4 is 0 Å². The summed E-state index contributed by atoms with van der Waals surface area (Å²) >= 11 is 0. The molecular formula is C16H22FN. The van der Waals surface area contributed by atoms with E-state index in [1.165, 1.54) is 38.5 Å². The third-order valence-corrected chi connectivity index (χ3v) is 5.02. The molecule has 1 nitrogen and oxygen atoms in total. The average Bonchev–Trinajstić information content (AvgIpc) is 2.41. The number of hydrogen-bond donors (Lipinski definition) is 1. The van der Waals surface area contributed by atoms with Gasteiger partial charge >= 0.3 is 0 Å². The highest BCUT2D eigenvalue weighted by atomic mass is 19.1. The topological polar surface area (TPSA) is 12.0 Å². The second-order valence-electron chi connectivity index (χ2n) is 5.95. The first kappa shape index (κ1) is 12.2. The molecule has 1 unspecified atom stereocenters. The Labute approximate surface area is 109 Å². The molecule has 98 valence electrons. The molecular weight excluding hydrogens is 225 g/mol. The first-order valence-corrected chi connectivity index (χ1v) is 7.27. The van der Waals surface area contributed by atoms with Gasteiger partial charge in [0.25, 0.3) is 0 Å². The van der Waals surface area contributed by atoms with Gasteiger partial charge in [-0.25, -0.2) is 4.39 Å². The van der Waals surface area contributed by atoms with Crippen molar-refractivity contribution in [3.8, 4) is 0 Å². The predicted octanol–water partition coefficient (Wildman–Crippen LogP) is 3.85. The molecule has 1 N–H and O–H groups in total. The van der Waals surface area contributed by atoms with Crippen LogP contribution in [0.1, 0.15) is 50.0 Å². The molecule has 1 spiro atoms. The SMILES string of the molecule is Fc1ccccc1C1CNCCC12CCCCC2. The second kappa shape index (κ2) is 5.00. The lowest BCUT2D eigenvalue weighted by Gasteiger charge is -2.47. The average molecular weight is 247 g/mol. The Morgan fingerprint density at radius 2 is 1.83 bits per heavy atom. The molecule has 0 aromatic heterocycles. The number of hydrogen-bond acceptors (Lipinski definition) is 1. The number of nitrogens with one attached hydrogen (secondary N) is 1. The molecule has 1 atom stereocenters. The fourth-order valence-corrected chi connectivity index (χ4v) is 4.03. The van der Waals surface area contributed by atoms with Crippen molar-refractivity contribution in [3.05, 3.63) is 35.6 Å². The van der Waals surface area contributed by atoms with E-state index in [4.69, 9.17) is 0 Å². The molecule has 1 aliphatic carbocycles. The quantitative estimate of drug-likeness (QED) is 0.794. The second-order valence-corrected chi connectivity index (χ2v) is 5.95. The van der Waals surface area contributed by atoms with Crippen LogP contribution >= 0.6 is 0 Å². The summed E-state index contributed by atoms with van der Waals surface area (Å²) in [6.45, 7) is 2.05. The van der Waals surface area contributed by atoms with Crippen molar-refractivity contribution in [1.29, 1.82) is 0 Å². The Balaban J connectivity index is 1.94. The molecule has 1 aromatic rings. The third-order valence-electron chi connectivity index (χ3n) is 5.02. The van der Waals surface area contributed by atoms with Gasteiger partial charge in [0.2, 0.25) is 0 Å². The van der Waals surface area contributed by atoms with Gasteiger partial charge in [0.1, 0.15) is 5.82 Å². The fraction of sp³-hybridized carbons (Fsp3) is 0.625. The first-order valence-electron chi connectivity index (χ1n) is 7.27. The van der Waals surface area contributed by atoms with Crippen molar-refractivity contribution in [2.24, 2.45) is 5.41 Å². The number of piperidine rings is 1. The van der Waals surface area contributed by atoms with Gasteiger partial charge in [-0.15, -0.1) is 0 Å². The Morgan fingerprint density at radius 3 is 2.61 bits per heavy atom. The Hall–Kier alpha value is -0.890. The minimum Gasteiger partial charge on any atom is -0.316 e. The number of rotatable bonds is 1. The van der Waals surface area contributed by atoms with E-state index in [1.54, 1.807) is 12.1 Å². The molecule has 1 saturated carbocycles. The summed E-state index contributed by atoms with van der Waals surface area (Å²) in [7, 11) is 0. The molecule has 0 bridgehead atoms. The van der Waals surface area contributed by atoms with Crippen molar-refractivity contribution in [2.75, 3.05) is 13.1 Å². The maximum Gasteiger partial charge on any atom is 0.126 e. The van der Waals surface area contributed by atoms with Crippen LogP contribution in [0.4, 0.5) is 4.39 Å². The number of benzene rings is 1. The van der Waals surface area contributed by atoms with Crippen LogP contribution in [0, 0.1) is 11.2 Å². The van der Waals surface area contributed by atoms with E-state index in [2.05, 4.69) is 5.32 Å². The van der Waals surface area contributed by atoms with E-state index in [0.29, 0.717) is 11.3 Å². The summed E-state index contributed by atoms with van der Waals surface area (Å²) in [6, 6.07) is 7.37. The molecule has 0 amide bonds. The fourth-order valence-electron chi connectivity index (χ4n) is 4.03. The zero-order chi connectivity index (χ0) is 12.4. The van der Waals surface area contributed by atoms with E-state index in [0.717, 1.165) is 18.7 Å². The molecule has 2 heteroatoms. The van der Waals surface area contributed by atoms with Crippen LogP contribution in [0.15, 0.2) is 24.3 Å². The van der Waals surface area contributed by atoms with Gasteiger partial charge in [0, 0.05) is 12.5 Å². The van der Waals surface area contributed by atoms with Gasteiger partial charge in [-0.3, -0.25) is 0 Å². The van der Waals surface area contributed by atoms with E-state index in [1.807, 2.05) is 12.1 Å².